The second kappa shape index (κ2) is 9.15. The van der Waals surface area contributed by atoms with Crippen LogP contribution in [0, 0.1) is 0 Å². The lowest BCUT2D eigenvalue weighted by Crippen LogP contribution is -2.43. The maximum absolute atomic E-state index is 12.0. The number of urea groups is 1. The monoisotopic (exact) mass is 355 g/mol. The van der Waals surface area contributed by atoms with Crippen LogP contribution in [0.3, 0.4) is 0 Å². The van der Waals surface area contributed by atoms with Gasteiger partial charge in [0.2, 0.25) is 0 Å². The number of hydrogen-bond acceptors (Lipinski definition) is 5. The van der Waals surface area contributed by atoms with Crippen LogP contribution in [0.25, 0.3) is 0 Å². The summed E-state index contributed by atoms with van der Waals surface area (Å²) >= 11 is 0. The molecular formula is C19H25N5O2. The first kappa shape index (κ1) is 18.1. The van der Waals surface area contributed by atoms with Crippen molar-refractivity contribution < 1.29 is 9.53 Å². The number of aromatic nitrogens is 2. The molecule has 1 atom stereocenters. The van der Waals surface area contributed by atoms with Gasteiger partial charge in [0.25, 0.3) is 0 Å². The molecule has 2 amide bonds. The van der Waals surface area contributed by atoms with E-state index in [0.717, 1.165) is 13.1 Å². The van der Waals surface area contributed by atoms with Crippen LogP contribution in [0.4, 0.5) is 10.5 Å². The van der Waals surface area contributed by atoms with Crippen LogP contribution in [-0.2, 0) is 0 Å². The highest BCUT2D eigenvalue weighted by Gasteiger charge is 2.17. The van der Waals surface area contributed by atoms with Crippen molar-refractivity contribution >= 4 is 11.7 Å². The van der Waals surface area contributed by atoms with E-state index in [-0.39, 0.29) is 12.0 Å². The molecule has 7 nitrogen and oxygen atoms in total. The van der Waals surface area contributed by atoms with Crippen molar-refractivity contribution in [3.8, 4) is 11.8 Å². The van der Waals surface area contributed by atoms with Crippen molar-refractivity contribution in [2.75, 3.05) is 25.0 Å². The van der Waals surface area contributed by atoms with Crippen molar-refractivity contribution in [2.24, 2.45) is 0 Å². The Morgan fingerprint density at radius 2 is 2.00 bits per heavy atom. The van der Waals surface area contributed by atoms with Crippen LogP contribution in [-0.4, -0.2) is 46.6 Å². The molecule has 1 aliphatic rings. The number of likely N-dealkylation sites (tertiary alicyclic amines) is 1. The normalized spacial score (nSPS) is 17.5. The summed E-state index contributed by atoms with van der Waals surface area (Å²) in [4.78, 5) is 22.5. The van der Waals surface area contributed by atoms with Crippen LogP contribution in [0.15, 0.2) is 42.7 Å². The van der Waals surface area contributed by atoms with Crippen LogP contribution >= 0.6 is 0 Å². The smallest absolute Gasteiger partial charge is 0.321 e. The summed E-state index contributed by atoms with van der Waals surface area (Å²) in [6.07, 6.45) is 7.04. The standard InChI is InChI=1S/C19H25N5O2/c1-15-5-2-3-13-24(15)14-12-20-18(25)23-16-6-8-17(9-7-16)26-19-21-10-4-11-22-19/h4,6-11,15H,2-3,5,12-14H2,1H3,(H2,20,23,25). The van der Waals surface area contributed by atoms with E-state index in [9.17, 15) is 4.79 Å². The Morgan fingerprint density at radius 1 is 1.23 bits per heavy atom. The van der Waals surface area contributed by atoms with E-state index in [1.54, 1.807) is 42.7 Å². The lowest BCUT2D eigenvalue weighted by atomic mass is 10.0. The topological polar surface area (TPSA) is 79.4 Å². The summed E-state index contributed by atoms with van der Waals surface area (Å²) in [6, 6.07) is 9.52. The lowest BCUT2D eigenvalue weighted by Gasteiger charge is -2.33. The SMILES string of the molecule is CC1CCCCN1CCNC(=O)Nc1ccc(Oc2ncccn2)cc1. The maximum Gasteiger partial charge on any atom is 0.321 e. The van der Waals surface area contributed by atoms with E-state index < -0.39 is 0 Å². The molecule has 2 aromatic rings. The van der Waals surface area contributed by atoms with E-state index in [0.29, 0.717) is 24.0 Å². The summed E-state index contributed by atoms with van der Waals surface area (Å²) in [7, 11) is 0. The summed E-state index contributed by atoms with van der Waals surface area (Å²) in [5.74, 6) is 0.612. The summed E-state index contributed by atoms with van der Waals surface area (Å²) in [5, 5.41) is 5.74. The van der Waals surface area contributed by atoms with Gasteiger partial charge in [-0.05, 0) is 56.6 Å². The first-order valence-electron chi connectivity index (χ1n) is 9.04. The number of ether oxygens (including phenoxy) is 1. The van der Waals surface area contributed by atoms with Crippen molar-refractivity contribution in [3.05, 3.63) is 42.7 Å². The zero-order chi connectivity index (χ0) is 18.2. The van der Waals surface area contributed by atoms with Crippen LogP contribution in [0.1, 0.15) is 26.2 Å². The molecule has 2 heterocycles. The van der Waals surface area contributed by atoms with Crippen molar-refractivity contribution in [2.45, 2.75) is 32.2 Å². The predicted molar refractivity (Wildman–Crippen MR) is 100 cm³/mol. The molecule has 1 saturated heterocycles. The van der Waals surface area contributed by atoms with Gasteiger partial charge in [0.15, 0.2) is 0 Å². The molecule has 1 unspecified atom stereocenters. The zero-order valence-electron chi connectivity index (χ0n) is 15.0. The van der Waals surface area contributed by atoms with Crippen molar-refractivity contribution in [1.29, 1.82) is 0 Å². The molecule has 1 aromatic heterocycles. The average molecular weight is 355 g/mol. The number of carbonyl (C=O) groups is 1. The van der Waals surface area contributed by atoms with Gasteiger partial charge in [-0.25, -0.2) is 14.8 Å². The molecule has 0 radical (unpaired) electrons. The first-order valence-corrected chi connectivity index (χ1v) is 9.04. The Morgan fingerprint density at radius 3 is 2.73 bits per heavy atom. The van der Waals surface area contributed by atoms with E-state index in [1.165, 1.54) is 19.3 Å². The van der Waals surface area contributed by atoms with Gasteiger partial charge in [-0.2, -0.15) is 0 Å². The van der Waals surface area contributed by atoms with Gasteiger partial charge in [-0.15, -0.1) is 0 Å². The number of benzene rings is 1. The van der Waals surface area contributed by atoms with E-state index in [4.69, 9.17) is 4.74 Å². The number of anilines is 1. The average Bonchev–Trinajstić information content (AvgIpc) is 2.66. The number of nitrogens with one attached hydrogen (secondary N) is 2. The maximum atomic E-state index is 12.0. The molecule has 3 rings (SSSR count). The lowest BCUT2D eigenvalue weighted by molar-refractivity contribution is 0.162. The minimum Gasteiger partial charge on any atom is -0.424 e. The Bertz CT molecular complexity index is 693. The molecule has 2 N–H and O–H groups in total. The van der Waals surface area contributed by atoms with Gasteiger partial charge in [0, 0.05) is 37.2 Å². The molecule has 0 bridgehead atoms. The Hall–Kier alpha value is -2.67. The quantitative estimate of drug-likeness (QED) is 0.831. The minimum absolute atomic E-state index is 0.199. The largest absolute Gasteiger partial charge is 0.424 e. The molecular weight excluding hydrogens is 330 g/mol. The zero-order valence-corrected chi connectivity index (χ0v) is 15.0. The molecule has 26 heavy (non-hydrogen) atoms. The van der Waals surface area contributed by atoms with Gasteiger partial charge in [0.1, 0.15) is 5.75 Å². The third kappa shape index (κ3) is 5.42. The Kier molecular flexibility index (Phi) is 6.38. The van der Waals surface area contributed by atoms with E-state index in [1.807, 2.05) is 0 Å². The fourth-order valence-corrected chi connectivity index (χ4v) is 3.03. The summed E-state index contributed by atoms with van der Waals surface area (Å²) < 4.78 is 5.52. The van der Waals surface area contributed by atoms with Crippen LogP contribution in [0.5, 0.6) is 11.8 Å². The van der Waals surface area contributed by atoms with Gasteiger partial charge in [-0.3, -0.25) is 4.90 Å². The highest BCUT2D eigenvalue weighted by atomic mass is 16.5. The van der Waals surface area contributed by atoms with E-state index in [2.05, 4.69) is 32.4 Å². The molecule has 1 aliphatic heterocycles. The van der Waals surface area contributed by atoms with Gasteiger partial charge >= 0.3 is 12.0 Å². The van der Waals surface area contributed by atoms with Crippen molar-refractivity contribution in [3.63, 3.8) is 0 Å². The molecule has 1 fully saturated rings. The third-order valence-corrected chi connectivity index (χ3v) is 4.49. The van der Waals surface area contributed by atoms with E-state index >= 15 is 0 Å². The molecule has 7 heteroatoms. The van der Waals surface area contributed by atoms with Gasteiger partial charge in [0.05, 0.1) is 0 Å². The third-order valence-electron chi connectivity index (χ3n) is 4.49. The summed E-state index contributed by atoms with van der Waals surface area (Å²) in [5.41, 5.74) is 0.704. The van der Waals surface area contributed by atoms with Gasteiger partial charge < -0.3 is 15.4 Å². The minimum atomic E-state index is -0.199. The number of amides is 2. The second-order valence-electron chi connectivity index (χ2n) is 6.42. The first-order chi connectivity index (χ1) is 12.7. The molecule has 138 valence electrons. The molecule has 0 saturated carbocycles. The number of hydrogen-bond donors (Lipinski definition) is 2. The Balaban J connectivity index is 1.41. The second-order valence-corrected chi connectivity index (χ2v) is 6.42. The highest BCUT2D eigenvalue weighted by Crippen LogP contribution is 2.19. The van der Waals surface area contributed by atoms with Crippen LogP contribution in [0.2, 0.25) is 0 Å². The number of piperidine rings is 1. The number of rotatable bonds is 6. The van der Waals surface area contributed by atoms with Crippen molar-refractivity contribution in [1.82, 2.24) is 20.2 Å². The fraction of sp³-hybridized carbons (Fsp3) is 0.421. The number of carbonyl (C=O) groups excluding carboxylic acids is 1. The molecule has 1 aromatic carbocycles. The molecule has 0 aliphatic carbocycles. The van der Waals surface area contributed by atoms with Crippen LogP contribution < -0.4 is 15.4 Å². The molecule has 0 spiro atoms. The fourth-order valence-electron chi connectivity index (χ4n) is 3.03. The predicted octanol–water partition coefficient (Wildman–Crippen LogP) is 3.26. The van der Waals surface area contributed by atoms with Gasteiger partial charge in [-0.1, -0.05) is 6.42 Å². The Labute approximate surface area is 153 Å². The summed E-state index contributed by atoms with van der Waals surface area (Å²) in [6.45, 7) is 4.90. The highest BCUT2D eigenvalue weighted by molar-refractivity contribution is 5.89. The number of nitrogens with zero attached hydrogens (tertiary/aromatic N) is 3.